The molecule has 2 aliphatic heterocycles. The van der Waals surface area contributed by atoms with E-state index in [0.29, 0.717) is 22.9 Å². The highest BCUT2D eigenvalue weighted by atomic mass is 32.1. The number of carbonyl (C=O) groups is 2. The predicted octanol–water partition coefficient (Wildman–Crippen LogP) is 2.06. The lowest BCUT2D eigenvalue weighted by atomic mass is 10.1. The van der Waals surface area contributed by atoms with Crippen LogP contribution in [0.2, 0.25) is 0 Å². The van der Waals surface area contributed by atoms with Crippen LogP contribution in [0.4, 0.5) is 5.69 Å². The minimum absolute atomic E-state index is 0.00456. The first-order valence-corrected chi connectivity index (χ1v) is 9.19. The molecule has 1 fully saturated rings. The molecule has 2 aromatic carbocycles. The number of nitrogens with zero attached hydrogens (tertiary/aromatic N) is 2. The lowest BCUT2D eigenvalue weighted by molar-refractivity contribution is -0.130. The van der Waals surface area contributed by atoms with Gasteiger partial charge in [0, 0.05) is 6.21 Å². The molecule has 1 saturated heterocycles. The van der Waals surface area contributed by atoms with Crippen molar-refractivity contribution in [2.24, 2.45) is 10.9 Å². The Morgan fingerprint density at radius 1 is 1.24 bits per heavy atom. The minimum Gasteiger partial charge on any atom is -0.495 e. The number of amides is 2. The Bertz CT molecular complexity index is 1020. The first-order chi connectivity index (χ1) is 14.1. The Morgan fingerprint density at radius 3 is 2.86 bits per heavy atom. The van der Waals surface area contributed by atoms with Gasteiger partial charge in [-0.2, -0.15) is 0 Å². The van der Waals surface area contributed by atoms with Gasteiger partial charge in [0.25, 0.3) is 5.91 Å². The van der Waals surface area contributed by atoms with E-state index < -0.39 is 17.7 Å². The maximum Gasteiger partial charge on any atom is 0.251 e. The van der Waals surface area contributed by atoms with Crippen LogP contribution in [0.1, 0.15) is 5.56 Å². The molecular weight excluding hydrogens is 394 g/mol. The van der Waals surface area contributed by atoms with E-state index in [1.54, 1.807) is 30.3 Å². The molecule has 2 aliphatic rings. The highest BCUT2D eigenvalue weighted by Gasteiger charge is 2.39. The zero-order chi connectivity index (χ0) is 20.4. The number of para-hydroxylation sites is 2. The molecule has 29 heavy (non-hydrogen) atoms. The number of rotatable bonds is 5. The van der Waals surface area contributed by atoms with Gasteiger partial charge in [-0.1, -0.05) is 18.2 Å². The van der Waals surface area contributed by atoms with Gasteiger partial charge in [-0.25, -0.2) is 0 Å². The summed E-state index contributed by atoms with van der Waals surface area (Å²) in [5, 5.41) is 2.56. The number of fused-ring (bicyclic) bond motifs is 1. The van der Waals surface area contributed by atoms with Gasteiger partial charge < -0.3 is 19.5 Å². The van der Waals surface area contributed by atoms with E-state index in [4.69, 9.17) is 26.4 Å². The van der Waals surface area contributed by atoms with Crippen molar-refractivity contribution in [2.75, 3.05) is 18.8 Å². The number of hydrogen-bond donors (Lipinski definition) is 1. The van der Waals surface area contributed by atoms with Gasteiger partial charge in [-0.05, 0) is 42.0 Å². The Balaban J connectivity index is 1.53. The summed E-state index contributed by atoms with van der Waals surface area (Å²) in [5.74, 6) is -0.299. The average molecular weight is 411 g/mol. The molecular formula is C20H17N3O5S. The Hall–Kier alpha value is -3.46. The van der Waals surface area contributed by atoms with Crippen LogP contribution in [0, 0.1) is 5.92 Å². The Kier molecular flexibility index (Phi) is 5.13. The Labute approximate surface area is 172 Å². The second-order valence-corrected chi connectivity index (χ2v) is 6.68. The normalized spacial score (nSPS) is 18.3. The zero-order valence-electron chi connectivity index (χ0n) is 15.5. The van der Waals surface area contributed by atoms with E-state index in [0.717, 1.165) is 5.56 Å². The van der Waals surface area contributed by atoms with Gasteiger partial charge in [0.15, 0.2) is 22.5 Å². The number of hydrogen-bond acceptors (Lipinski definition) is 7. The number of carbonyl (C=O) groups excluding carboxylic acids is 2. The number of methoxy groups -OCH3 is 1. The zero-order valence-corrected chi connectivity index (χ0v) is 16.3. The van der Waals surface area contributed by atoms with Gasteiger partial charge in [0.05, 0.1) is 19.3 Å². The van der Waals surface area contributed by atoms with Crippen molar-refractivity contribution in [1.29, 1.82) is 0 Å². The van der Waals surface area contributed by atoms with Gasteiger partial charge in [-0.15, -0.1) is 0 Å². The molecule has 2 aromatic rings. The van der Waals surface area contributed by atoms with Crippen LogP contribution in [-0.4, -0.2) is 37.0 Å². The monoisotopic (exact) mass is 411 g/mol. The van der Waals surface area contributed by atoms with Crippen LogP contribution in [0.15, 0.2) is 47.5 Å². The fourth-order valence-electron chi connectivity index (χ4n) is 3.07. The van der Waals surface area contributed by atoms with Crippen molar-refractivity contribution in [3.8, 4) is 17.2 Å². The summed E-state index contributed by atoms with van der Waals surface area (Å²) in [6.45, 7) is 0.476. The molecule has 0 unspecified atom stereocenters. The van der Waals surface area contributed by atoms with E-state index in [2.05, 4.69) is 10.3 Å². The highest BCUT2D eigenvalue weighted by molar-refractivity contribution is 7.80. The van der Waals surface area contributed by atoms with Crippen molar-refractivity contribution >= 4 is 41.0 Å². The summed E-state index contributed by atoms with van der Waals surface area (Å²) in [5.41, 5.74) is 1.32. The van der Waals surface area contributed by atoms with Crippen LogP contribution < -0.4 is 24.4 Å². The second-order valence-electron chi connectivity index (χ2n) is 6.29. The fourth-order valence-corrected chi connectivity index (χ4v) is 3.36. The summed E-state index contributed by atoms with van der Waals surface area (Å²) in [6, 6.07) is 12.4. The second kappa shape index (κ2) is 7.88. The quantitative estimate of drug-likeness (QED) is 0.460. The van der Waals surface area contributed by atoms with Crippen molar-refractivity contribution in [3.05, 3.63) is 48.0 Å². The average Bonchev–Trinajstić information content (AvgIpc) is 3.18. The van der Waals surface area contributed by atoms with Crippen molar-refractivity contribution in [3.63, 3.8) is 0 Å². The van der Waals surface area contributed by atoms with Crippen molar-refractivity contribution < 1.29 is 23.8 Å². The standard InChI is InChI=1S/C20H17N3O5S/c1-26-15-5-3-2-4-14(15)23-19(25)13(18(24)22-20(23)29)10-21-9-12-6-7-16-17(8-12)28-11-27-16/h2-8,10,13H,9,11H2,1H3,(H,22,24,29)/t13-/m0/s1. The lowest BCUT2D eigenvalue weighted by Gasteiger charge is -2.31. The van der Waals surface area contributed by atoms with Crippen LogP contribution in [0.5, 0.6) is 17.2 Å². The molecule has 0 aromatic heterocycles. The van der Waals surface area contributed by atoms with Gasteiger partial charge >= 0.3 is 0 Å². The summed E-state index contributed by atoms with van der Waals surface area (Å²) >= 11 is 5.21. The molecule has 1 atom stereocenters. The summed E-state index contributed by atoms with van der Waals surface area (Å²) in [4.78, 5) is 30.9. The molecule has 0 aliphatic carbocycles. The van der Waals surface area contributed by atoms with E-state index in [1.165, 1.54) is 18.2 Å². The molecule has 148 valence electrons. The summed E-state index contributed by atoms with van der Waals surface area (Å²) in [6.07, 6.45) is 1.34. The van der Waals surface area contributed by atoms with Crippen molar-refractivity contribution in [2.45, 2.75) is 6.54 Å². The first-order valence-electron chi connectivity index (χ1n) is 8.79. The number of aliphatic imine (C=N–C) groups is 1. The molecule has 0 bridgehead atoms. The van der Waals surface area contributed by atoms with Gasteiger partial charge in [-0.3, -0.25) is 19.5 Å². The number of ether oxygens (including phenoxy) is 3. The van der Waals surface area contributed by atoms with Crippen molar-refractivity contribution in [1.82, 2.24) is 5.32 Å². The van der Waals surface area contributed by atoms with Gasteiger partial charge in [0.2, 0.25) is 12.7 Å². The van der Waals surface area contributed by atoms with Gasteiger partial charge in [0.1, 0.15) is 5.75 Å². The number of nitrogens with one attached hydrogen (secondary N) is 1. The number of benzene rings is 2. The van der Waals surface area contributed by atoms with E-state index in [-0.39, 0.29) is 18.5 Å². The largest absolute Gasteiger partial charge is 0.495 e. The first kappa shape index (κ1) is 18.9. The highest BCUT2D eigenvalue weighted by Crippen LogP contribution is 2.33. The minimum atomic E-state index is -1.10. The third-order valence-corrected chi connectivity index (χ3v) is 4.78. The molecule has 2 heterocycles. The molecule has 4 rings (SSSR count). The number of thiocarbonyl (C=S) groups is 1. The van der Waals surface area contributed by atoms with Crippen LogP contribution >= 0.6 is 12.2 Å². The smallest absolute Gasteiger partial charge is 0.251 e. The van der Waals surface area contributed by atoms with E-state index in [1.807, 2.05) is 12.1 Å². The third kappa shape index (κ3) is 3.64. The molecule has 8 nitrogen and oxygen atoms in total. The topological polar surface area (TPSA) is 89.5 Å². The van der Waals surface area contributed by atoms with E-state index in [9.17, 15) is 9.59 Å². The molecule has 9 heteroatoms. The molecule has 1 N–H and O–H groups in total. The molecule has 0 spiro atoms. The van der Waals surface area contributed by atoms with Crippen LogP contribution in [-0.2, 0) is 16.1 Å². The maximum absolute atomic E-state index is 13.0. The summed E-state index contributed by atoms with van der Waals surface area (Å²) < 4.78 is 15.9. The maximum atomic E-state index is 13.0. The van der Waals surface area contributed by atoms with Crippen LogP contribution in [0.25, 0.3) is 0 Å². The lowest BCUT2D eigenvalue weighted by Crippen LogP contribution is -2.58. The van der Waals surface area contributed by atoms with E-state index >= 15 is 0 Å². The SMILES string of the molecule is COc1ccccc1N1C(=O)[C@@H](C=NCc2ccc3c(c2)OCO3)C(=O)NC1=S. The molecule has 2 amide bonds. The molecule has 0 radical (unpaired) electrons. The van der Waals surface area contributed by atoms with Crippen LogP contribution in [0.3, 0.4) is 0 Å². The summed E-state index contributed by atoms with van der Waals surface area (Å²) in [7, 11) is 1.50. The molecule has 0 saturated carbocycles. The fraction of sp³-hybridized carbons (Fsp3) is 0.200. The predicted molar refractivity (Wildman–Crippen MR) is 109 cm³/mol. The number of anilines is 1. The Morgan fingerprint density at radius 2 is 2.03 bits per heavy atom. The third-order valence-electron chi connectivity index (χ3n) is 4.49.